The Morgan fingerprint density at radius 2 is 1.80 bits per heavy atom. The van der Waals surface area contributed by atoms with Crippen molar-refractivity contribution in [3.05, 3.63) is 11.6 Å². The number of piperidine rings is 1. The van der Waals surface area contributed by atoms with Crippen LogP contribution >= 0.6 is 0 Å². The Morgan fingerprint density at radius 3 is 2.56 bits per heavy atom. The molecule has 0 aliphatic carbocycles. The van der Waals surface area contributed by atoms with Gasteiger partial charge in [0.2, 0.25) is 0 Å². The van der Waals surface area contributed by atoms with Crippen molar-refractivity contribution in [2.45, 2.75) is 71.0 Å². The van der Waals surface area contributed by atoms with Crippen LogP contribution in [0.3, 0.4) is 0 Å². The summed E-state index contributed by atoms with van der Waals surface area (Å²) >= 11 is 0. The second kappa shape index (κ2) is 8.17. The van der Waals surface area contributed by atoms with E-state index < -0.39 is 0 Å². The summed E-state index contributed by atoms with van der Waals surface area (Å²) < 4.78 is 2.25. The van der Waals surface area contributed by atoms with E-state index in [0.29, 0.717) is 6.54 Å². The number of aliphatic imine (C=N–C) groups is 1. The van der Waals surface area contributed by atoms with Gasteiger partial charge in [-0.05, 0) is 52.6 Å². The van der Waals surface area contributed by atoms with Crippen LogP contribution in [0.2, 0.25) is 0 Å². The van der Waals surface area contributed by atoms with Gasteiger partial charge in [-0.15, -0.1) is 10.2 Å². The summed E-state index contributed by atoms with van der Waals surface area (Å²) in [6, 6.07) is 0. The summed E-state index contributed by atoms with van der Waals surface area (Å²) in [4.78, 5) is 6.96. The van der Waals surface area contributed by atoms with E-state index in [1.807, 2.05) is 7.05 Å². The Bertz CT molecular complexity index is 584. The molecule has 2 aliphatic heterocycles. The monoisotopic (exact) mass is 347 g/mol. The molecule has 2 aliphatic rings. The van der Waals surface area contributed by atoms with Crippen molar-refractivity contribution in [3.8, 4) is 0 Å². The summed E-state index contributed by atoms with van der Waals surface area (Å²) in [6.45, 7) is 9.61. The van der Waals surface area contributed by atoms with Gasteiger partial charge in [0, 0.05) is 32.1 Å². The van der Waals surface area contributed by atoms with Gasteiger partial charge in [0.1, 0.15) is 5.82 Å². The molecule has 0 aromatic carbocycles. The lowest BCUT2D eigenvalue weighted by molar-refractivity contribution is 0.0982. The first-order valence-corrected chi connectivity index (χ1v) is 9.71. The zero-order valence-corrected chi connectivity index (χ0v) is 16.0. The number of aromatic nitrogens is 3. The van der Waals surface area contributed by atoms with Crippen LogP contribution in [0.4, 0.5) is 0 Å². The average molecular weight is 348 g/mol. The molecule has 0 radical (unpaired) electrons. The van der Waals surface area contributed by atoms with Crippen LogP contribution in [-0.2, 0) is 19.5 Å². The first kappa shape index (κ1) is 18.2. The van der Waals surface area contributed by atoms with E-state index in [4.69, 9.17) is 0 Å². The number of hydrogen-bond donors (Lipinski definition) is 2. The highest BCUT2D eigenvalue weighted by Crippen LogP contribution is 2.19. The maximum Gasteiger partial charge on any atom is 0.191 e. The van der Waals surface area contributed by atoms with Crippen molar-refractivity contribution in [1.82, 2.24) is 30.3 Å². The fraction of sp³-hybridized carbons (Fsp3) is 0.833. The summed E-state index contributed by atoms with van der Waals surface area (Å²) in [5.74, 6) is 2.96. The van der Waals surface area contributed by atoms with E-state index in [0.717, 1.165) is 37.1 Å². The minimum absolute atomic E-state index is 0.131. The number of nitrogens with one attached hydrogen (secondary N) is 2. The predicted molar refractivity (Wildman–Crippen MR) is 101 cm³/mol. The smallest absolute Gasteiger partial charge is 0.191 e. The van der Waals surface area contributed by atoms with Gasteiger partial charge in [0.15, 0.2) is 11.8 Å². The summed E-state index contributed by atoms with van der Waals surface area (Å²) in [5, 5.41) is 15.5. The third-order valence-corrected chi connectivity index (χ3v) is 5.47. The molecule has 0 amide bonds. The molecule has 140 valence electrons. The zero-order valence-electron chi connectivity index (χ0n) is 16.0. The van der Waals surface area contributed by atoms with Gasteiger partial charge in [0.25, 0.3) is 0 Å². The standard InChI is InChI=1S/C18H33N7/c1-18(2,24-10-6-4-7-11-24)14-21-17(19-3)20-13-16-23-22-15-9-5-8-12-25(15)16/h4-14H2,1-3H3,(H2,19,20,21). The number of guanidine groups is 1. The third kappa shape index (κ3) is 4.51. The first-order valence-electron chi connectivity index (χ1n) is 9.71. The average Bonchev–Trinajstić information content (AvgIpc) is 3.06. The zero-order chi connectivity index (χ0) is 17.7. The molecule has 3 heterocycles. The number of rotatable bonds is 5. The van der Waals surface area contributed by atoms with Crippen LogP contribution < -0.4 is 10.6 Å². The van der Waals surface area contributed by atoms with Crippen molar-refractivity contribution in [1.29, 1.82) is 0 Å². The fourth-order valence-electron chi connectivity index (χ4n) is 3.79. The molecule has 1 fully saturated rings. The molecule has 1 saturated heterocycles. The Hall–Kier alpha value is -1.63. The van der Waals surface area contributed by atoms with Gasteiger partial charge in [-0.2, -0.15) is 0 Å². The molecule has 1 aromatic heterocycles. The lowest BCUT2D eigenvalue weighted by atomic mass is 9.98. The van der Waals surface area contributed by atoms with E-state index in [1.54, 1.807) is 0 Å². The molecule has 7 heteroatoms. The Morgan fingerprint density at radius 1 is 1.04 bits per heavy atom. The normalized spacial score (nSPS) is 19.6. The lowest BCUT2D eigenvalue weighted by Gasteiger charge is -2.41. The number of likely N-dealkylation sites (tertiary alicyclic amines) is 1. The Labute approximate surface area is 151 Å². The second-order valence-electron chi connectivity index (χ2n) is 7.78. The second-order valence-corrected chi connectivity index (χ2v) is 7.78. The topological polar surface area (TPSA) is 70.4 Å². The van der Waals surface area contributed by atoms with Crippen LogP contribution in [0, 0.1) is 0 Å². The third-order valence-electron chi connectivity index (χ3n) is 5.47. The quantitative estimate of drug-likeness (QED) is 0.625. The molecule has 0 atom stereocenters. The summed E-state index contributed by atoms with van der Waals surface area (Å²) in [7, 11) is 1.82. The van der Waals surface area contributed by atoms with Gasteiger partial charge in [-0.25, -0.2) is 0 Å². The van der Waals surface area contributed by atoms with E-state index >= 15 is 0 Å². The Kier molecular flexibility index (Phi) is 5.93. The first-order chi connectivity index (χ1) is 12.1. The van der Waals surface area contributed by atoms with Crippen molar-refractivity contribution in [3.63, 3.8) is 0 Å². The minimum Gasteiger partial charge on any atom is -0.355 e. The van der Waals surface area contributed by atoms with Gasteiger partial charge in [-0.1, -0.05) is 6.42 Å². The van der Waals surface area contributed by atoms with Crippen LogP contribution in [0.25, 0.3) is 0 Å². The summed E-state index contributed by atoms with van der Waals surface area (Å²) in [5.41, 5.74) is 0.131. The van der Waals surface area contributed by atoms with Crippen molar-refractivity contribution < 1.29 is 0 Å². The highest BCUT2D eigenvalue weighted by Gasteiger charge is 2.28. The molecular formula is C18H33N7. The van der Waals surface area contributed by atoms with E-state index in [-0.39, 0.29) is 5.54 Å². The highest BCUT2D eigenvalue weighted by atomic mass is 15.3. The van der Waals surface area contributed by atoms with Crippen molar-refractivity contribution in [2.24, 2.45) is 4.99 Å². The molecule has 7 nitrogen and oxygen atoms in total. The van der Waals surface area contributed by atoms with Gasteiger partial charge < -0.3 is 15.2 Å². The fourth-order valence-corrected chi connectivity index (χ4v) is 3.79. The number of nitrogens with zero attached hydrogens (tertiary/aromatic N) is 5. The van der Waals surface area contributed by atoms with Crippen LogP contribution in [0.15, 0.2) is 4.99 Å². The predicted octanol–water partition coefficient (Wildman–Crippen LogP) is 1.54. The van der Waals surface area contributed by atoms with E-state index in [2.05, 4.69) is 49.1 Å². The van der Waals surface area contributed by atoms with Crippen molar-refractivity contribution >= 4 is 5.96 Å². The highest BCUT2D eigenvalue weighted by molar-refractivity contribution is 5.79. The Balaban J connectivity index is 1.50. The van der Waals surface area contributed by atoms with Gasteiger partial charge in [-0.3, -0.25) is 9.89 Å². The van der Waals surface area contributed by atoms with Crippen LogP contribution in [0.1, 0.15) is 57.6 Å². The number of fused-ring (bicyclic) bond motifs is 1. The van der Waals surface area contributed by atoms with Gasteiger partial charge >= 0.3 is 0 Å². The van der Waals surface area contributed by atoms with Gasteiger partial charge in [0.05, 0.1) is 6.54 Å². The lowest BCUT2D eigenvalue weighted by Crippen LogP contribution is -2.54. The molecule has 0 spiro atoms. The molecule has 2 N–H and O–H groups in total. The molecule has 0 saturated carbocycles. The van der Waals surface area contributed by atoms with E-state index in [9.17, 15) is 0 Å². The largest absolute Gasteiger partial charge is 0.355 e. The number of aryl methyl sites for hydroxylation is 1. The summed E-state index contributed by atoms with van der Waals surface area (Å²) in [6.07, 6.45) is 7.48. The maximum atomic E-state index is 4.37. The van der Waals surface area contributed by atoms with Crippen molar-refractivity contribution in [2.75, 3.05) is 26.7 Å². The van der Waals surface area contributed by atoms with Crippen LogP contribution in [-0.4, -0.2) is 57.8 Å². The SMILES string of the molecule is CN=C(NCc1nnc2n1CCCC2)NCC(C)(C)N1CCCCC1. The maximum absolute atomic E-state index is 4.37. The molecule has 0 bridgehead atoms. The van der Waals surface area contributed by atoms with Crippen LogP contribution in [0.5, 0.6) is 0 Å². The molecule has 0 unspecified atom stereocenters. The minimum atomic E-state index is 0.131. The molecule has 1 aromatic rings. The number of hydrogen-bond acceptors (Lipinski definition) is 4. The molecule has 25 heavy (non-hydrogen) atoms. The molecule has 3 rings (SSSR count). The van der Waals surface area contributed by atoms with E-state index in [1.165, 1.54) is 45.2 Å². The molecular weight excluding hydrogens is 314 g/mol.